The van der Waals surface area contributed by atoms with Gasteiger partial charge in [0.15, 0.2) is 11.4 Å². The zero-order valence-corrected chi connectivity index (χ0v) is 12.0. The molecule has 2 aromatic rings. The van der Waals surface area contributed by atoms with Gasteiger partial charge in [-0.1, -0.05) is 12.1 Å². The molecule has 0 fully saturated rings. The van der Waals surface area contributed by atoms with Gasteiger partial charge in [-0.25, -0.2) is 0 Å². The second-order valence-electron chi connectivity index (χ2n) is 4.38. The van der Waals surface area contributed by atoms with Crippen molar-refractivity contribution in [2.24, 2.45) is 0 Å². The third-order valence-electron chi connectivity index (χ3n) is 2.84. The number of ether oxygens (including phenoxy) is 1. The van der Waals surface area contributed by atoms with E-state index in [0.717, 1.165) is 10.7 Å². The van der Waals surface area contributed by atoms with E-state index in [1.165, 1.54) is 7.11 Å². The number of methoxy groups -OCH3 is 1. The van der Waals surface area contributed by atoms with Crippen LogP contribution in [0.1, 0.15) is 10.5 Å². The molecule has 23 heavy (non-hydrogen) atoms. The van der Waals surface area contributed by atoms with Gasteiger partial charge in [0.1, 0.15) is 18.0 Å². The molecule has 0 spiro atoms. The zero-order valence-electron chi connectivity index (χ0n) is 12.0. The third kappa shape index (κ3) is 3.46. The summed E-state index contributed by atoms with van der Waals surface area (Å²) in [4.78, 5) is 34.4. The van der Waals surface area contributed by atoms with Crippen molar-refractivity contribution in [3.05, 3.63) is 46.4 Å². The van der Waals surface area contributed by atoms with Crippen molar-refractivity contribution in [2.45, 2.75) is 0 Å². The van der Waals surface area contributed by atoms with E-state index in [9.17, 15) is 19.5 Å². The number of amides is 1. The lowest BCUT2D eigenvalue weighted by Gasteiger charge is -2.11. The standard InChI is InChI=1S/C14H13N3O6/c1-23-10-5-3-2-4-8(10)17-11(19)6-9(18)13(16-17)14(22)15-7-12(20)21/h2-6,18H,7H2,1H3,(H,15,22)(H,20,21). The fourth-order valence-corrected chi connectivity index (χ4v) is 1.83. The number of aromatic hydroxyl groups is 1. The first-order chi connectivity index (χ1) is 10.9. The van der Waals surface area contributed by atoms with Crippen LogP contribution >= 0.6 is 0 Å². The van der Waals surface area contributed by atoms with Gasteiger partial charge in [-0.15, -0.1) is 0 Å². The molecule has 0 unspecified atom stereocenters. The highest BCUT2D eigenvalue weighted by Crippen LogP contribution is 2.21. The van der Waals surface area contributed by atoms with E-state index in [1.54, 1.807) is 24.3 Å². The molecule has 2 rings (SSSR count). The number of para-hydroxylation sites is 2. The topological polar surface area (TPSA) is 131 Å². The molecule has 1 aromatic heterocycles. The minimum atomic E-state index is -1.25. The summed E-state index contributed by atoms with van der Waals surface area (Å²) in [6.45, 7) is -0.645. The van der Waals surface area contributed by atoms with Crippen molar-refractivity contribution >= 4 is 11.9 Å². The molecule has 0 atom stereocenters. The Bertz CT molecular complexity index is 814. The van der Waals surface area contributed by atoms with Crippen LogP contribution in [0.5, 0.6) is 11.5 Å². The van der Waals surface area contributed by atoms with Crippen molar-refractivity contribution < 1.29 is 24.5 Å². The molecule has 1 aromatic carbocycles. The van der Waals surface area contributed by atoms with Crippen LogP contribution in [0.2, 0.25) is 0 Å². The number of benzene rings is 1. The van der Waals surface area contributed by atoms with Gasteiger partial charge in [0.05, 0.1) is 7.11 Å². The Balaban J connectivity index is 2.50. The Kier molecular flexibility index (Phi) is 4.60. The molecule has 3 N–H and O–H groups in total. The van der Waals surface area contributed by atoms with Crippen LogP contribution in [-0.4, -0.2) is 45.5 Å². The first-order valence-corrected chi connectivity index (χ1v) is 6.40. The SMILES string of the molecule is COc1ccccc1-n1nc(C(=O)NCC(=O)O)c(O)cc1=O. The molecule has 0 bridgehead atoms. The van der Waals surface area contributed by atoms with Crippen molar-refractivity contribution in [3.8, 4) is 17.2 Å². The lowest BCUT2D eigenvalue weighted by Crippen LogP contribution is -2.32. The van der Waals surface area contributed by atoms with Crippen molar-refractivity contribution in [1.29, 1.82) is 0 Å². The van der Waals surface area contributed by atoms with E-state index in [2.05, 4.69) is 10.4 Å². The largest absolute Gasteiger partial charge is 0.505 e. The van der Waals surface area contributed by atoms with E-state index < -0.39 is 35.4 Å². The molecule has 0 saturated heterocycles. The highest BCUT2D eigenvalue weighted by atomic mass is 16.5. The minimum absolute atomic E-state index is 0.271. The maximum atomic E-state index is 12.0. The van der Waals surface area contributed by atoms with Gasteiger partial charge in [0.2, 0.25) is 0 Å². The monoisotopic (exact) mass is 319 g/mol. The molecule has 0 aliphatic heterocycles. The third-order valence-corrected chi connectivity index (χ3v) is 2.84. The number of nitrogens with one attached hydrogen (secondary N) is 1. The normalized spacial score (nSPS) is 10.1. The number of carbonyl (C=O) groups excluding carboxylic acids is 1. The molecule has 9 heteroatoms. The second-order valence-corrected chi connectivity index (χ2v) is 4.38. The van der Waals surface area contributed by atoms with E-state index in [1.807, 2.05) is 0 Å². The summed E-state index contributed by atoms with van der Waals surface area (Å²) in [6, 6.07) is 7.29. The Morgan fingerprint density at radius 1 is 1.35 bits per heavy atom. The van der Waals surface area contributed by atoms with E-state index in [4.69, 9.17) is 9.84 Å². The van der Waals surface area contributed by atoms with Gasteiger partial charge in [-0.3, -0.25) is 14.4 Å². The van der Waals surface area contributed by atoms with Gasteiger partial charge < -0.3 is 20.3 Å². The van der Waals surface area contributed by atoms with Crippen molar-refractivity contribution in [1.82, 2.24) is 15.1 Å². The van der Waals surface area contributed by atoms with Crippen LogP contribution in [0.4, 0.5) is 0 Å². The van der Waals surface area contributed by atoms with Crippen LogP contribution < -0.4 is 15.6 Å². The molecule has 1 amide bonds. The van der Waals surface area contributed by atoms with Gasteiger partial charge >= 0.3 is 5.97 Å². The summed E-state index contributed by atoms with van der Waals surface area (Å²) < 4.78 is 6.01. The predicted molar refractivity (Wildman–Crippen MR) is 78.0 cm³/mol. The summed E-state index contributed by atoms with van der Waals surface area (Å²) in [5.41, 5.74) is -0.883. The number of rotatable bonds is 5. The summed E-state index contributed by atoms with van der Waals surface area (Å²) >= 11 is 0. The van der Waals surface area contributed by atoms with Gasteiger partial charge in [-0.05, 0) is 12.1 Å². The van der Waals surface area contributed by atoms with Crippen molar-refractivity contribution in [2.75, 3.05) is 13.7 Å². The summed E-state index contributed by atoms with van der Waals surface area (Å²) in [7, 11) is 1.41. The van der Waals surface area contributed by atoms with Gasteiger partial charge in [-0.2, -0.15) is 9.78 Å². The molecule has 1 heterocycles. The molecule has 9 nitrogen and oxygen atoms in total. The Morgan fingerprint density at radius 3 is 2.70 bits per heavy atom. The zero-order chi connectivity index (χ0) is 17.0. The highest BCUT2D eigenvalue weighted by Gasteiger charge is 2.18. The summed E-state index contributed by atoms with van der Waals surface area (Å²) in [5.74, 6) is -2.49. The average Bonchev–Trinajstić information content (AvgIpc) is 2.52. The quantitative estimate of drug-likeness (QED) is 0.693. The van der Waals surface area contributed by atoms with Crippen LogP contribution in [0, 0.1) is 0 Å². The Labute approximate surface area is 129 Å². The maximum Gasteiger partial charge on any atom is 0.322 e. The lowest BCUT2D eigenvalue weighted by atomic mass is 10.3. The number of carboxylic acids is 1. The molecule has 0 aliphatic carbocycles. The molecular weight excluding hydrogens is 306 g/mol. The van der Waals surface area contributed by atoms with Gasteiger partial charge in [0, 0.05) is 6.07 Å². The number of hydrogen-bond acceptors (Lipinski definition) is 6. The molecule has 0 saturated carbocycles. The number of aliphatic carboxylic acids is 1. The van der Waals surface area contributed by atoms with E-state index in [0.29, 0.717) is 5.75 Å². The van der Waals surface area contributed by atoms with Gasteiger partial charge in [0.25, 0.3) is 11.5 Å². The lowest BCUT2D eigenvalue weighted by molar-refractivity contribution is -0.135. The smallest absolute Gasteiger partial charge is 0.322 e. The minimum Gasteiger partial charge on any atom is -0.505 e. The number of aromatic nitrogens is 2. The van der Waals surface area contributed by atoms with Crippen LogP contribution in [0.25, 0.3) is 5.69 Å². The first kappa shape index (κ1) is 16.0. The summed E-state index contributed by atoms with van der Waals surface area (Å²) in [5, 5.41) is 24.1. The molecule has 0 radical (unpaired) electrons. The predicted octanol–water partition coefficient (Wildman–Crippen LogP) is -0.239. The van der Waals surface area contributed by atoms with Crippen LogP contribution in [-0.2, 0) is 4.79 Å². The fraction of sp³-hybridized carbons (Fsp3) is 0.143. The highest BCUT2D eigenvalue weighted by molar-refractivity contribution is 5.96. The molecular formula is C14H13N3O6. The Morgan fingerprint density at radius 2 is 2.04 bits per heavy atom. The summed E-state index contributed by atoms with van der Waals surface area (Å²) in [6.07, 6.45) is 0. The van der Waals surface area contributed by atoms with Crippen LogP contribution in [0.15, 0.2) is 35.1 Å². The van der Waals surface area contributed by atoms with E-state index >= 15 is 0 Å². The first-order valence-electron chi connectivity index (χ1n) is 6.40. The number of nitrogens with zero attached hydrogens (tertiary/aromatic N) is 2. The number of carboxylic acid groups (broad SMARTS) is 1. The number of hydrogen-bond donors (Lipinski definition) is 3. The van der Waals surface area contributed by atoms with E-state index in [-0.39, 0.29) is 5.69 Å². The number of carbonyl (C=O) groups is 2. The van der Waals surface area contributed by atoms with Crippen LogP contribution in [0.3, 0.4) is 0 Å². The fourth-order valence-electron chi connectivity index (χ4n) is 1.83. The average molecular weight is 319 g/mol. The molecule has 0 aliphatic rings. The Hall–Kier alpha value is -3.36. The van der Waals surface area contributed by atoms with Crippen molar-refractivity contribution in [3.63, 3.8) is 0 Å². The maximum absolute atomic E-state index is 12.0. The molecule has 120 valence electrons. The second kappa shape index (κ2) is 6.60.